The second-order valence-electron chi connectivity index (χ2n) is 14.4. The number of nitrogens with zero attached hydrogens (tertiary/aromatic N) is 3. The van der Waals surface area contributed by atoms with Gasteiger partial charge in [0.2, 0.25) is 35.4 Å². The molecule has 0 aromatic heterocycles. The lowest BCUT2D eigenvalue weighted by atomic mass is 9.99. The maximum absolute atomic E-state index is 14.7. The van der Waals surface area contributed by atoms with Gasteiger partial charge in [0.15, 0.2) is 11.5 Å². The van der Waals surface area contributed by atoms with Gasteiger partial charge in [-0.1, -0.05) is 66.2 Å². The molecule has 1 aliphatic rings. The molecule has 0 aliphatic carbocycles. The lowest BCUT2D eigenvalue weighted by molar-refractivity contribution is -0.149. The van der Waals surface area contributed by atoms with Crippen molar-refractivity contribution in [3.63, 3.8) is 0 Å². The van der Waals surface area contributed by atoms with Crippen LogP contribution in [0.2, 0.25) is 0 Å². The number of aryl methyl sites for hydroxylation is 1. The Morgan fingerprint density at radius 3 is 1.48 bits per heavy atom. The van der Waals surface area contributed by atoms with Crippen molar-refractivity contribution in [2.45, 2.75) is 83.2 Å². The number of rotatable bonds is 8. The number of hydrogen-bond donors (Lipinski definition) is 3. The number of carbonyl (C=O) groups excluding carboxylic acids is 6. The summed E-state index contributed by atoms with van der Waals surface area (Å²) in [7, 11) is 7.42. The maximum Gasteiger partial charge on any atom is 0.246 e. The molecule has 0 saturated carbocycles. The third-order valence-electron chi connectivity index (χ3n) is 10.2. The highest BCUT2D eigenvalue weighted by Crippen LogP contribution is 2.29. The third-order valence-corrected chi connectivity index (χ3v) is 10.2. The summed E-state index contributed by atoms with van der Waals surface area (Å²) in [6, 6.07) is 15.1. The topological polar surface area (TPSA) is 167 Å². The quantitative estimate of drug-likeness (QED) is 0.313. The van der Waals surface area contributed by atoms with Crippen LogP contribution in [0, 0.1) is 6.92 Å². The minimum Gasteiger partial charge on any atom is -0.493 e. The van der Waals surface area contributed by atoms with E-state index < -0.39 is 71.7 Å². The van der Waals surface area contributed by atoms with Crippen LogP contribution in [-0.2, 0) is 48.0 Å². The zero-order valence-corrected chi connectivity index (χ0v) is 33.6. The summed E-state index contributed by atoms with van der Waals surface area (Å²) in [5.74, 6) is -2.64. The molecule has 1 saturated heterocycles. The molecule has 0 radical (unpaired) electrons. The van der Waals surface area contributed by atoms with Crippen LogP contribution in [0.4, 0.5) is 0 Å². The minimum absolute atomic E-state index is 0.00694. The van der Waals surface area contributed by atoms with Crippen LogP contribution in [0.1, 0.15) is 43.0 Å². The number of carbonyl (C=O) groups is 6. The molecule has 1 heterocycles. The molecule has 14 heteroatoms. The lowest BCUT2D eigenvalue weighted by Gasteiger charge is -2.36. The van der Waals surface area contributed by atoms with Crippen molar-refractivity contribution in [1.82, 2.24) is 30.7 Å². The molecule has 1 unspecified atom stereocenters. The summed E-state index contributed by atoms with van der Waals surface area (Å²) in [5.41, 5.74) is 3.19. The van der Waals surface area contributed by atoms with Crippen molar-refractivity contribution >= 4 is 35.4 Å². The smallest absolute Gasteiger partial charge is 0.246 e. The normalized spacial score (nSPS) is 23.5. The Balaban J connectivity index is 1.78. The molecule has 3 aromatic rings. The Labute approximate surface area is 328 Å². The van der Waals surface area contributed by atoms with E-state index >= 15 is 0 Å². The van der Waals surface area contributed by atoms with Crippen LogP contribution in [0.5, 0.6) is 11.5 Å². The molecule has 4 rings (SSSR count). The first-order valence-corrected chi connectivity index (χ1v) is 18.6. The lowest BCUT2D eigenvalue weighted by Crippen LogP contribution is -2.61. The van der Waals surface area contributed by atoms with Gasteiger partial charge in [-0.15, -0.1) is 0 Å². The molecule has 3 aromatic carbocycles. The molecule has 300 valence electrons. The number of ether oxygens (including phenoxy) is 2. The van der Waals surface area contributed by atoms with Gasteiger partial charge in [-0.3, -0.25) is 28.8 Å². The van der Waals surface area contributed by atoms with Crippen molar-refractivity contribution < 1.29 is 38.2 Å². The molecular formula is C42H54N6O8. The molecule has 56 heavy (non-hydrogen) atoms. The number of methoxy groups -OCH3 is 2. The van der Waals surface area contributed by atoms with Gasteiger partial charge in [0.05, 0.1) is 14.2 Å². The fourth-order valence-electron chi connectivity index (χ4n) is 6.67. The van der Waals surface area contributed by atoms with Crippen LogP contribution in [-0.4, -0.2) is 122 Å². The predicted octanol–water partition coefficient (Wildman–Crippen LogP) is 2.05. The monoisotopic (exact) mass is 770 g/mol. The zero-order chi connectivity index (χ0) is 41.3. The van der Waals surface area contributed by atoms with Crippen molar-refractivity contribution in [2.75, 3.05) is 35.4 Å². The first kappa shape index (κ1) is 42.8. The summed E-state index contributed by atoms with van der Waals surface area (Å²) in [6.07, 6.45) is 0.230. The fourth-order valence-corrected chi connectivity index (χ4v) is 6.67. The molecule has 3 N–H and O–H groups in total. The molecule has 6 atom stereocenters. The van der Waals surface area contributed by atoms with E-state index in [1.54, 1.807) is 18.2 Å². The van der Waals surface area contributed by atoms with Crippen molar-refractivity contribution in [3.8, 4) is 11.5 Å². The molecule has 1 fully saturated rings. The van der Waals surface area contributed by atoms with E-state index in [9.17, 15) is 28.8 Å². The SMILES string of the molecule is COc1ccc(C[C@H]2C(=O)N[C@H](C)C(=O)N[C@@H](C)C(=O)N(C)C(Cc3ccc(C)cc3)C(=O)N[C@@H](C)C(=O)N(C)[C@@H](Cc3ccccc3)C(=O)N2C)cc1OC. The van der Waals surface area contributed by atoms with E-state index in [-0.39, 0.29) is 19.3 Å². The van der Waals surface area contributed by atoms with Crippen LogP contribution in [0.3, 0.4) is 0 Å². The fraction of sp³-hybridized carbons (Fsp3) is 0.429. The van der Waals surface area contributed by atoms with Gasteiger partial charge in [-0.2, -0.15) is 0 Å². The Hall–Kier alpha value is -5.92. The van der Waals surface area contributed by atoms with Gasteiger partial charge in [-0.05, 0) is 56.5 Å². The number of hydrogen-bond acceptors (Lipinski definition) is 8. The largest absolute Gasteiger partial charge is 0.493 e. The van der Waals surface area contributed by atoms with Crippen molar-refractivity contribution in [2.24, 2.45) is 0 Å². The van der Waals surface area contributed by atoms with E-state index in [0.717, 1.165) is 16.7 Å². The summed E-state index contributed by atoms with van der Waals surface area (Å²) < 4.78 is 10.9. The zero-order valence-electron chi connectivity index (χ0n) is 33.6. The number of amides is 6. The number of likely N-dealkylation sites (N-methyl/N-ethyl adjacent to an activating group) is 3. The van der Waals surface area contributed by atoms with Crippen LogP contribution < -0.4 is 25.4 Å². The van der Waals surface area contributed by atoms with Crippen molar-refractivity contribution in [3.05, 3.63) is 95.1 Å². The van der Waals surface area contributed by atoms with Crippen LogP contribution in [0.15, 0.2) is 72.8 Å². The van der Waals surface area contributed by atoms with Gasteiger partial charge in [-0.25, -0.2) is 0 Å². The molecule has 6 amide bonds. The highest BCUT2D eigenvalue weighted by molar-refractivity contribution is 5.98. The Morgan fingerprint density at radius 2 is 0.929 bits per heavy atom. The van der Waals surface area contributed by atoms with E-state index in [1.165, 1.54) is 70.8 Å². The Morgan fingerprint density at radius 1 is 0.500 bits per heavy atom. The predicted molar refractivity (Wildman–Crippen MR) is 211 cm³/mol. The van der Waals surface area contributed by atoms with Crippen LogP contribution >= 0.6 is 0 Å². The van der Waals surface area contributed by atoms with E-state index in [0.29, 0.717) is 17.1 Å². The molecule has 0 spiro atoms. The standard InChI is InChI=1S/C42H54N6O8/c1-25-15-17-30(18-16-25)21-32-39(51)45-28(4)41(53)48(7)34(22-29-13-11-10-12-14-29)42(54)47(6)33(23-31-19-20-35(55-8)36(24-31)56-9)38(50)43-26(2)37(49)44-27(3)40(52)46(32)5/h10-20,24,26-28,32-34H,21-23H2,1-9H3,(H,43,50)(H,44,49)(H,45,51)/t26-,27+,28+,32?,33+,34+/m1/s1. The van der Waals surface area contributed by atoms with E-state index in [4.69, 9.17) is 9.47 Å². The molecule has 1 aliphatic heterocycles. The van der Waals surface area contributed by atoms with Gasteiger partial charge >= 0.3 is 0 Å². The second-order valence-corrected chi connectivity index (χ2v) is 14.4. The molecular weight excluding hydrogens is 716 g/mol. The Kier molecular flexibility index (Phi) is 14.6. The van der Waals surface area contributed by atoms with Crippen LogP contribution in [0.25, 0.3) is 0 Å². The van der Waals surface area contributed by atoms with Crippen molar-refractivity contribution in [1.29, 1.82) is 0 Å². The first-order chi connectivity index (χ1) is 26.6. The van der Waals surface area contributed by atoms with Gasteiger partial charge in [0, 0.05) is 40.4 Å². The maximum atomic E-state index is 14.7. The third kappa shape index (κ3) is 10.4. The highest BCUT2D eigenvalue weighted by Gasteiger charge is 2.39. The summed E-state index contributed by atoms with van der Waals surface area (Å²) in [6.45, 7) is 6.42. The van der Waals surface area contributed by atoms with Gasteiger partial charge in [0.1, 0.15) is 36.3 Å². The van der Waals surface area contributed by atoms with E-state index in [1.807, 2.05) is 61.5 Å². The molecule has 14 nitrogen and oxygen atoms in total. The summed E-state index contributed by atoms with van der Waals surface area (Å²) in [4.78, 5) is 88.2. The first-order valence-electron chi connectivity index (χ1n) is 18.6. The Bertz CT molecular complexity index is 1890. The second kappa shape index (κ2) is 19.1. The summed E-state index contributed by atoms with van der Waals surface area (Å²) >= 11 is 0. The average Bonchev–Trinajstić information content (AvgIpc) is 3.19. The number of benzene rings is 3. The summed E-state index contributed by atoms with van der Waals surface area (Å²) in [5, 5.41) is 8.17. The van der Waals surface area contributed by atoms with Gasteiger partial charge < -0.3 is 40.1 Å². The minimum atomic E-state index is -1.17. The van der Waals surface area contributed by atoms with E-state index in [2.05, 4.69) is 16.0 Å². The van der Waals surface area contributed by atoms with Gasteiger partial charge in [0.25, 0.3) is 0 Å². The highest BCUT2D eigenvalue weighted by atomic mass is 16.5. The number of nitrogens with one attached hydrogen (secondary N) is 3. The molecule has 0 bridgehead atoms. The average molecular weight is 771 g/mol.